The number of pyridine rings is 1. The van der Waals surface area contributed by atoms with Crippen molar-refractivity contribution >= 4 is 11.7 Å². The molecular weight excluding hydrogens is 260 g/mol. The standard InChI is InChI=1S/C14H12N2O4/c1-2-20-14(17)12-8-11(16(18)19)9-15-13(12)10-6-4-3-5-7-10/h3-9H,2H2,1H3. The number of nitro groups is 1. The number of esters is 1. The molecule has 0 aliphatic rings. The monoisotopic (exact) mass is 272 g/mol. The summed E-state index contributed by atoms with van der Waals surface area (Å²) in [6.07, 6.45) is 1.13. The van der Waals surface area contributed by atoms with E-state index in [1.165, 1.54) is 6.07 Å². The Morgan fingerprint density at radius 3 is 2.65 bits per heavy atom. The van der Waals surface area contributed by atoms with Crippen molar-refractivity contribution in [1.82, 2.24) is 4.98 Å². The second-order valence-electron chi connectivity index (χ2n) is 3.93. The maximum atomic E-state index is 11.9. The van der Waals surface area contributed by atoms with Gasteiger partial charge in [-0.25, -0.2) is 9.78 Å². The highest BCUT2D eigenvalue weighted by molar-refractivity contribution is 5.96. The zero-order chi connectivity index (χ0) is 14.5. The first-order chi connectivity index (χ1) is 9.63. The number of benzene rings is 1. The van der Waals surface area contributed by atoms with Crippen LogP contribution in [0, 0.1) is 10.1 Å². The molecule has 1 aromatic heterocycles. The summed E-state index contributed by atoms with van der Waals surface area (Å²) in [6.45, 7) is 1.86. The highest BCUT2D eigenvalue weighted by atomic mass is 16.6. The lowest BCUT2D eigenvalue weighted by Gasteiger charge is -2.07. The van der Waals surface area contributed by atoms with Gasteiger partial charge in [0.15, 0.2) is 0 Å². The summed E-state index contributed by atoms with van der Waals surface area (Å²) in [5.41, 5.74) is 0.917. The normalized spacial score (nSPS) is 10.1. The Hall–Kier alpha value is -2.76. The topological polar surface area (TPSA) is 82.3 Å². The molecule has 0 spiro atoms. The Morgan fingerprint density at radius 2 is 2.05 bits per heavy atom. The molecule has 0 radical (unpaired) electrons. The summed E-state index contributed by atoms with van der Waals surface area (Å²) >= 11 is 0. The Morgan fingerprint density at radius 1 is 1.35 bits per heavy atom. The predicted molar refractivity (Wildman–Crippen MR) is 72.3 cm³/mol. The van der Waals surface area contributed by atoms with Crippen molar-refractivity contribution in [2.24, 2.45) is 0 Å². The van der Waals surface area contributed by atoms with E-state index in [-0.39, 0.29) is 17.9 Å². The van der Waals surface area contributed by atoms with Gasteiger partial charge >= 0.3 is 5.97 Å². The highest BCUT2D eigenvalue weighted by Gasteiger charge is 2.19. The van der Waals surface area contributed by atoms with E-state index in [9.17, 15) is 14.9 Å². The number of carbonyl (C=O) groups excluding carboxylic acids is 1. The van der Waals surface area contributed by atoms with Crippen molar-refractivity contribution in [2.45, 2.75) is 6.92 Å². The van der Waals surface area contributed by atoms with E-state index in [0.29, 0.717) is 11.3 Å². The maximum absolute atomic E-state index is 11.9. The molecule has 20 heavy (non-hydrogen) atoms. The molecule has 1 aromatic carbocycles. The molecule has 1 heterocycles. The Labute approximate surface area is 115 Å². The highest BCUT2D eigenvalue weighted by Crippen LogP contribution is 2.25. The van der Waals surface area contributed by atoms with Gasteiger partial charge in [-0.1, -0.05) is 30.3 Å². The van der Waals surface area contributed by atoms with Crippen LogP contribution in [-0.4, -0.2) is 22.5 Å². The lowest BCUT2D eigenvalue weighted by molar-refractivity contribution is -0.385. The van der Waals surface area contributed by atoms with Crippen molar-refractivity contribution in [3.05, 3.63) is 58.3 Å². The number of hydrogen-bond acceptors (Lipinski definition) is 5. The largest absolute Gasteiger partial charge is 0.462 e. The molecule has 0 saturated carbocycles. The summed E-state index contributed by atoms with van der Waals surface area (Å²) in [7, 11) is 0. The molecule has 102 valence electrons. The third kappa shape index (κ3) is 2.80. The van der Waals surface area contributed by atoms with Gasteiger partial charge in [0.1, 0.15) is 6.20 Å². The number of rotatable bonds is 4. The van der Waals surface area contributed by atoms with E-state index in [2.05, 4.69) is 4.98 Å². The second kappa shape index (κ2) is 5.92. The fourth-order valence-electron chi connectivity index (χ4n) is 1.74. The first-order valence-electron chi connectivity index (χ1n) is 6.00. The van der Waals surface area contributed by atoms with Gasteiger partial charge in [0, 0.05) is 11.6 Å². The first kappa shape index (κ1) is 13.7. The van der Waals surface area contributed by atoms with E-state index < -0.39 is 10.9 Å². The number of hydrogen-bond donors (Lipinski definition) is 0. The smallest absolute Gasteiger partial charge is 0.340 e. The molecule has 2 aromatic rings. The van der Waals surface area contributed by atoms with Gasteiger partial charge in [-0.15, -0.1) is 0 Å². The van der Waals surface area contributed by atoms with Crippen molar-refractivity contribution in [3.63, 3.8) is 0 Å². The van der Waals surface area contributed by atoms with Crippen LogP contribution in [0.3, 0.4) is 0 Å². The average molecular weight is 272 g/mol. The maximum Gasteiger partial charge on any atom is 0.340 e. The van der Waals surface area contributed by atoms with Crippen molar-refractivity contribution in [2.75, 3.05) is 6.61 Å². The van der Waals surface area contributed by atoms with E-state index in [4.69, 9.17) is 4.74 Å². The molecule has 0 atom stereocenters. The molecule has 6 heteroatoms. The quantitative estimate of drug-likeness (QED) is 0.485. The lowest BCUT2D eigenvalue weighted by Crippen LogP contribution is -2.08. The summed E-state index contributed by atoms with van der Waals surface area (Å²) in [6, 6.07) is 10.2. The third-order valence-corrected chi connectivity index (χ3v) is 2.63. The molecule has 0 bridgehead atoms. The Bertz CT molecular complexity index is 641. The van der Waals surface area contributed by atoms with E-state index in [0.717, 1.165) is 6.20 Å². The minimum absolute atomic E-state index is 0.0900. The molecule has 0 saturated heterocycles. The number of aromatic nitrogens is 1. The van der Waals surface area contributed by atoms with Crippen molar-refractivity contribution < 1.29 is 14.5 Å². The fourth-order valence-corrected chi connectivity index (χ4v) is 1.74. The lowest BCUT2D eigenvalue weighted by atomic mass is 10.1. The minimum Gasteiger partial charge on any atom is -0.462 e. The van der Waals surface area contributed by atoms with E-state index >= 15 is 0 Å². The summed E-state index contributed by atoms with van der Waals surface area (Å²) < 4.78 is 4.92. The Kier molecular flexibility index (Phi) is 4.05. The zero-order valence-corrected chi connectivity index (χ0v) is 10.8. The summed E-state index contributed by atoms with van der Waals surface area (Å²) in [4.78, 5) is 26.2. The van der Waals surface area contributed by atoms with Crippen LogP contribution in [-0.2, 0) is 4.74 Å². The molecular formula is C14H12N2O4. The molecule has 0 aliphatic carbocycles. The zero-order valence-electron chi connectivity index (χ0n) is 10.8. The number of ether oxygens (including phenoxy) is 1. The summed E-state index contributed by atoms with van der Waals surface area (Å²) in [5, 5.41) is 10.8. The number of nitrogens with zero attached hydrogens (tertiary/aromatic N) is 2. The van der Waals surface area contributed by atoms with Gasteiger partial charge in [-0.05, 0) is 6.92 Å². The molecule has 0 N–H and O–H groups in total. The first-order valence-corrected chi connectivity index (χ1v) is 6.00. The van der Waals surface area contributed by atoms with Crippen molar-refractivity contribution in [1.29, 1.82) is 0 Å². The fraction of sp³-hybridized carbons (Fsp3) is 0.143. The van der Waals surface area contributed by atoms with E-state index in [1.807, 2.05) is 6.07 Å². The van der Waals surface area contributed by atoms with Crippen LogP contribution in [0.5, 0.6) is 0 Å². The molecule has 6 nitrogen and oxygen atoms in total. The van der Waals surface area contributed by atoms with Crippen LogP contribution < -0.4 is 0 Å². The van der Waals surface area contributed by atoms with Gasteiger partial charge in [0.2, 0.25) is 0 Å². The third-order valence-electron chi connectivity index (χ3n) is 2.63. The van der Waals surface area contributed by atoms with Crippen LogP contribution >= 0.6 is 0 Å². The predicted octanol–water partition coefficient (Wildman–Crippen LogP) is 2.83. The van der Waals surface area contributed by atoms with Crippen LogP contribution in [0.25, 0.3) is 11.3 Å². The summed E-state index contributed by atoms with van der Waals surface area (Å²) in [5.74, 6) is -0.623. The van der Waals surface area contributed by atoms with E-state index in [1.54, 1.807) is 31.2 Å². The van der Waals surface area contributed by atoms with Gasteiger partial charge < -0.3 is 4.74 Å². The minimum atomic E-state index is -0.623. The van der Waals surface area contributed by atoms with Crippen LogP contribution in [0.1, 0.15) is 17.3 Å². The molecule has 0 unspecified atom stereocenters. The molecule has 0 aliphatic heterocycles. The van der Waals surface area contributed by atoms with Crippen molar-refractivity contribution in [3.8, 4) is 11.3 Å². The Balaban J connectivity index is 2.56. The average Bonchev–Trinajstić information content (AvgIpc) is 2.47. The molecule has 0 fully saturated rings. The van der Waals surface area contributed by atoms with Gasteiger partial charge in [-0.2, -0.15) is 0 Å². The van der Waals surface area contributed by atoms with Crippen LogP contribution in [0.2, 0.25) is 0 Å². The SMILES string of the molecule is CCOC(=O)c1cc([N+](=O)[O-])cnc1-c1ccccc1. The van der Waals surface area contributed by atoms with Gasteiger partial charge in [0.25, 0.3) is 5.69 Å². The molecule has 2 rings (SSSR count). The second-order valence-corrected chi connectivity index (χ2v) is 3.93. The molecule has 0 amide bonds. The van der Waals surface area contributed by atoms with Gasteiger partial charge in [-0.3, -0.25) is 10.1 Å². The van der Waals surface area contributed by atoms with Crippen LogP contribution in [0.15, 0.2) is 42.6 Å². The van der Waals surface area contributed by atoms with Gasteiger partial charge in [0.05, 0.1) is 22.8 Å². The number of carbonyl (C=O) groups is 1. The van der Waals surface area contributed by atoms with Crippen LogP contribution in [0.4, 0.5) is 5.69 Å².